The maximum absolute atomic E-state index is 13.3. The number of fused-ring (bicyclic) bond motifs is 1. The van der Waals surface area contributed by atoms with E-state index in [2.05, 4.69) is 53.7 Å². The summed E-state index contributed by atoms with van der Waals surface area (Å²) in [5, 5.41) is 9.30. The SMILES string of the molecule is CC1CC2(C1)CC(NC(=O)c1cc(Cl)cc3cnn(Cc4ccc(-c5ccccc5)cc4)c13)C2. The lowest BCUT2D eigenvalue weighted by Crippen LogP contribution is -2.55. The third-order valence-electron chi connectivity index (χ3n) is 7.59. The molecule has 0 saturated heterocycles. The summed E-state index contributed by atoms with van der Waals surface area (Å²) in [4.78, 5) is 13.3. The highest BCUT2D eigenvalue weighted by Crippen LogP contribution is 2.58. The van der Waals surface area contributed by atoms with Gasteiger partial charge < -0.3 is 5.32 Å². The predicted octanol–water partition coefficient (Wildman–Crippen LogP) is 6.71. The number of nitrogens with zero attached hydrogens (tertiary/aromatic N) is 2. The van der Waals surface area contributed by atoms with Crippen molar-refractivity contribution >= 4 is 28.4 Å². The Kier molecular flexibility index (Phi) is 5.22. The molecule has 0 atom stereocenters. The Morgan fingerprint density at radius 3 is 2.44 bits per heavy atom. The normalized spacial score (nSPS) is 23.5. The van der Waals surface area contributed by atoms with E-state index in [0.29, 0.717) is 22.5 Å². The van der Waals surface area contributed by atoms with E-state index in [1.54, 1.807) is 12.3 Å². The Morgan fingerprint density at radius 1 is 1.03 bits per heavy atom. The van der Waals surface area contributed by atoms with Crippen molar-refractivity contribution in [3.63, 3.8) is 0 Å². The Balaban J connectivity index is 1.23. The van der Waals surface area contributed by atoms with Crippen LogP contribution in [0, 0.1) is 11.3 Å². The van der Waals surface area contributed by atoms with Gasteiger partial charge in [-0.05, 0) is 65.8 Å². The Labute approximate surface area is 204 Å². The molecular weight excluding hydrogens is 442 g/mol. The van der Waals surface area contributed by atoms with Crippen LogP contribution in [0.15, 0.2) is 72.9 Å². The molecule has 1 amide bonds. The van der Waals surface area contributed by atoms with Crippen molar-refractivity contribution in [3.05, 3.63) is 89.1 Å². The molecule has 2 saturated carbocycles. The zero-order valence-corrected chi connectivity index (χ0v) is 20.1. The molecule has 2 aliphatic rings. The first kappa shape index (κ1) is 21.4. The van der Waals surface area contributed by atoms with Crippen LogP contribution in [0.4, 0.5) is 0 Å². The maximum Gasteiger partial charge on any atom is 0.253 e. The first-order valence-corrected chi connectivity index (χ1v) is 12.5. The van der Waals surface area contributed by atoms with Crippen LogP contribution in [0.25, 0.3) is 22.0 Å². The second kappa shape index (κ2) is 8.28. The van der Waals surface area contributed by atoms with E-state index in [1.165, 1.54) is 24.0 Å². The van der Waals surface area contributed by atoms with E-state index in [9.17, 15) is 4.79 Å². The summed E-state index contributed by atoms with van der Waals surface area (Å²) in [5.41, 5.74) is 5.44. The molecule has 3 aromatic carbocycles. The summed E-state index contributed by atoms with van der Waals surface area (Å²) >= 11 is 6.37. The highest BCUT2D eigenvalue weighted by atomic mass is 35.5. The number of halogens is 1. The van der Waals surface area contributed by atoms with Crippen molar-refractivity contribution in [1.82, 2.24) is 15.1 Å². The van der Waals surface area contributed by atoms with Gasteiger partial charge in [-0.3, -0.25) is 9.48 Å². The molecule has 0 bridgehead atoms. The molecule has 172 valence electrons. The van der Waals surface area contributed by atoms with E-state index < -0.39 is 0 Å². The van der Waals surface area contributed by atoms with Crippen LogP contribution in [0.5, 0.6) is 0 Å². The summed E-state index contributed by atoms with van der Waals surface area (Å²) in [6.45, 7) is 2.90. The van der Waals surface area contributed by atoms with E-state index in [0.717, 1.165) is 35.2 Å². The lowest BCUT2D eigenvalue weighted by atomic mass is 9.50. The maximum atomic E-state index is 13.3. The first-order chi connectivity index (χ1) is 16.5. The van der Waals surface area contributed by atoms with E-state index in [-0.39, 0.29) is 11.9 Å². The molecule has 1 aromatic heterocycles. The van der Waals surface area contributed by atoms with E-state index in [4.69, 9.17) is 11.6 Å². The third-order valence-corrected chi connectivity index (χ3v) is 7.81. The molecular formula is C29H28ClN3O. The number of carbonyl (C=O) groups excluding carboxylic acids is 1. The molecule has 0 unspecified atom stereocenters. The fourth-order valence-electron chi connectivity index (χ4n) is 6.20. The van der Waals surface area contributed by atoms with Gasteiger partial charge in [0.25, 0.3) is 5.91 Å². The number of hydrogen-bond acceptors (Lipinski definition) is 2. The van der Waals surface area contributed by atoms with Gasteiger partial charge in [-0.15, -0.1) is 0 Å². The van der Waals surface area contributed by atoms with Crippen molar-refractivity contribution in [2.45, 2.75) is 45.2 Å². The zero-order chi connectivity index (χ0) is 23.3. The van der Waals surface area contributed by atoms with Crippen LogP contribution in [-0.2, 0) is 6.54 Å². The lowest BCUT2D eigenvalue weighted by molar-refractivity contribution is -0.0399. The second-order valence-corrected chi connectivity index (χ2v) is 10.8. The monoisotopic (exact) mass is 469 g/mol. The standard InChI is InChI=1S/C29H28ClN3O/c1-19-13-29(14-19)15-25(16-29)32-28(34)26-12-24(30)11-23-17-31-33(27(23)26)18-20-7-9-22(10-8-20)21-5-3-2-4-6-21/h2-12,17,19,25H,13-16,18H2,1H3,(H,32,34). The number of amides is 1. The van der Waals surface area contributed by atoms with Crippen LogP contribution in [0.2, 0.25) is 5.02 Å². The van der Waals surface area contributed by atoms with E-state index >= 15 is 0 Å². The van der Waals surface area contributed by atoms with E-state index in [1.807, 2.05) is 28.9 Å². The number of carbonyl (C=O) groups is 1. The van der Waals surface area contributed by atoms with Gasteiger partial charge in [-0.25, -0.2) is 0 Å². The highest BCUT2D eigenvalue weighted by molar-refractivity contribution is 6.32. The fourth-order valence-corrected chi connectivity index (χ4v) is 6.42. The zero-order valence-electron chi connectivity index (χ0n) is 19.3. The third kappa shape index (κ3) is 3.90. The lowest BCUT2D eigenvalue weighted by Gasteiger charge is -2.57. The van der Waals surface area contributed by atoms with Crippen LogP contribution in [-0.4, -0.2) is 21.7 Å². The van der Waals surface area contributed by atoms with Gasteiger partial charge in [0.05, 0.1) is 23.8 Å². The molecule has 34 heavy (non-hydrogen) atoms. The minimum Gasteiger partial charge on any atom is -0.349 e. The second-order valence-electron chi connectivity index (χ2n) is 10.3. The minimum atomic E-state index is -0.0547. The molecule has 4 nitrogen and oxygen atoms in total. The summed E-state index contributed by atoms with van der Waals surface area (Å²) in [6, 6.07) is 22.8. The molecule has 0 aliphatic heterocycles. The molecule has 2 fully saturated rings. The number of nitrogens with one attached hydrogen (secondary N) is 1. The van der Waals surface area contributed by atoms with Crippen molar-refractivity contribution in [2.24, 2.45) is 11.3 Å². The van der Waals surface area contributed by atoms with Gasteiger partial charge in [0.2, 0.25) is 0 Å². The summed E-state index contributed by atoms with van der Waals surface area (Å²) in [7, 11) is 0. The van der Waals surface area contributed by atoms with Gasteiger partial charge in [-0.2, -0.15) is 5.10 Å². The average molecular weight is 470 g/mol. The van der Waals surface area contributed by atoms with Gasteiger partial charge in [-0.1, -0.05) is 73.1 Å². The van der Waals surface area contributed by atoms with Crippen molar-refractivity contribution in [2.75, 3.05) is 0 Å². The molecule has 1 heterocycles. The van der Waals surface area contributed by atoms with Gasteiger partial charge in [0.1, 0.15) is 0 Å². The summed E-state index contributed by atoms with van der Waals surface area (Å²) in [6.07, 6.45) is 6.59. The first-order valence-electron chi connectivity index (χ1n) is 12.1. The van der Waals surface area contributed by atoms with Crippen LogP contribution in [0.3, 0.4) is 0 Å². The quantitative estimate of drug-likeness (QED) is 0.353. The van der Waals surface area contributed by atoms with Crippen molar-refractivity contribution in [1.29, 1.82) is 0 Å². The largest absolute Gasteiger partial charge is 0.349 e. The number of hydrogen-bond donors (Lipinski definition) is 1. The number of benzene rings is 3. The molecule has 5 heteroatoms. The van der Waals surface area contributed by atoms with Crippen LogP contribution >= 0.6 is 11.6 Å². The van der Waals surface area contributed by atoms with Gasteiger partial charge in [0.15, 0.2) is 0 Å². The molecule has 2 aliphatic carbocycles. The summed E-state index contributed by atoms with van der Waals surface area (Å²) in [5.74, 6) is 0.779. The molecule has 1 N–H and O–H groups in total. The van der Waals surface area contributed by atoms with Crippen molar-refractivity contribution < 1.29 is 4.79 Å². The Bertz CT molecular complexity index is 1350. The predicted molar refractivity (Wildman–Crippen MR) is 137 cm³/mol. The minimum absolute atomic E-state index is 0.0547. The average Bonchev–Trinajstić information content (AvgIpc) is 3.19. The molecule has 0 radical (unpaired) electrons. The van der Waals surface area contributed by atoms with Crippen LogP contribution < -0.4 is 5.32 Å². The molecule has 1 spiro atoms. The smallest absolute Gasteiger partial charge is 0.253 e. The summed E-state index contributed by atoms with van der Waals surface area (Å²) < 4.78 is 1.91. The fraction of sp³-hybridized carbons (Fsp3) is 0.310. The van der Waals surface area contributed by atoms with Crippen molar-refractivity contribution in [3.8, 4) is 11.1 Å². The van der Waals surface area contributed by atoms with Gasteiger partial charge in [0, 0.05) is 16.5 Å². The topological polar surface area (TPSA) is 46.9 Å². The number of aromatic nitrogens is 2. The highest BCUT2D eigenvalue weighted by Gasteiger charge is 2.51. The Hall–Kier alpha value is -3.11. The molecule has 4 aromatic rings. The molecule has 6 rings (SSSR count). The van der Waals surface area contributed by atoms with Gasteiger partial charge >= 0.3 is 0 Å². The Morgan fingerprint density at radius 2 is 1.74 bits per heavy atom. The van der Waals surface area contributed by atoms with Crippen LogP contribution in [0.1, 0.15) is 48.5 Å². The number of rotatable bonds is 5.